The van der Waals surface area contributed by atoms with Crippen molar-refractivity contribution in [2.24, 2.45) is 0 Å². The second-order valence-electron chi connectivity index (χ2n) is 24.0. The summed E-state index contributed by atoms with van der Waals surface area (Å²) in [6.07, 6.45) is -0.0513. The lowest BCUT2D eigenvalue weighted by molar-refractivity contribution is -0.306. The fourth-order valence-electron chi connectivity index (χ4n) is 8.62. The van der Waals surface area contributed by atoms with Crippen LogP contribution in [0.4, 0.5) is 0 Å². The maximum Gasteiger partial charge on any atom is 0.335 e. The molecule has 0 saturated carbocycles. The van der Waals surface area contributed by atoms with E-state index in [1.54, 1.807) is 43.5 Å². The number of carboxylic acids is 3. The Hall–Kier alpha value is -8.74. The average molecular weight is 1260 g/mol. The van der Waals surface area contributed by atoms with Gasteiger partial charge in [0.1, 0.15) is 10.6 Å². The van der Waals surface area contributed by atoms with E-state index in [4.69, 9.17) is 9.84 Å². The molecule has 0 aromatic heterocycles. The Labute approximate surface area is 545 Å². The molecule has 0 unspecified atom stereocenters. The number of carboxylic acid groups (broad SMARTS) is 3. The Morgan fingerprint density at radius 2 is 0.678 bits per heavy atom. The molecule has 10 aromatic rings. The summed E-state index contributed by atoms with van der Waals surface area (Å²) in [6.45, 7) is 22.2. The molecule has 1 N–H and O–H groups in total. The van der Waals surface area contributed by atoms with E-state index in [0.29, 0.717) is 0 Å². The molecule has 10 rings (SSSR count). The van der Waals surface area contributed by atoms with Gasteiger partial charge in [-0.25, -0.2) is 4.79 Å². The first-order valence-corrected chi connectivity index (χ1v) is 32.5. The Kier molecular flexibility index (Phi) is 28.4. The molecule has 0 radical (unpaired) electrons. The minimum atomic E-state index is -1.18. The highest BCUT2D eigenvalue weighted by Gasteiger charge is 2.30. The highest BCUT2D eigenvalue weighted by atomic mass is 32.2. The quantitative estimate of drug-likeness (QED) is 0.119. The molecule has 90 heavy (non-hydrogen) atoms. The van der Waals surface area contributed by atoms with Gasteiger partial charge < -0.3 is 34.8 Å². The molecule has 8 nitrogen and oxygen atoms in total. The number of para-hydroxylation sites is 1. The first-order chi connectivity index (χ1) is 42.7. The molecule has 0 saturated heterocycles. The van der Waals surface area contributed by atoms with Gasteiger partial charge in [-0.15, -0.1) is 0 Å². The minimum absolute atomic E-state index is 0.000278. The normalized spacial score (nSPS) is 10.8. The van der Waals surface area contributed by atoms with Crippen LogP contribution in [0.15, 0.2) is 301 Å². The van der Waals surface area contributed by atoms with Crippen molar-refractivity contribution in [1.29, 1.82) is 0 Å². The topological polar surface area (TPSA) is 150 Å². The van der Waals surface area contributed by atoms with E-state index in [1.807, 2.05) is 19.1 Å². The number of methoxy groups -OCH3 is 1. The lowest BCUT2D eigenvalue weighted by Crippen LogP contribution is -2.24. The van der Waals surface area contributed by atoms with Crippen LogP contribution in [0.3, 0.4) is 0 Å². The third kappa shape index (κ3) is 24.7. The predicted molar refractivity (Wildman–Crippen MR) is 368 cm³/mol. The SMILES string of the molecule is CC(C)(C)c1ccc([S+](c2ccccc2)c2ccccc2)cc1.CC(C)(C)c1ccc([S+](c2ccccc2)c2ccccc2)cc1.CC(C)(C)c1ccc([SH2+])cc1.COc1ccc(CC(=O)[O-])cc1.Cc1ccc(CC(=O)[O-])cc1.O=C(O)c1ccccc1[O-]. The number of benzene rings is 10. The van der Waals surface area contributed by atoms with Crippen molar-refractivity contribution in [1.82, 2.24) is 0 Å². The molecule has 0 aliphatic heterocycles. The van der Waals surface area contributed by atoms with Gasteiger partial charge in [-0.2, -0.15) is 0 Å². The molecule has 0 amide bonds. The fraction of sp³-hybridized carbons (Fsp3) is 0.203. The zero-order chi connectivity index (χ0) is 65.9. The number of rotatable bonds is 12. The number of aryl methyl sites for hydroxylation is 1. The molecular formula is C79H84O8S3. The van der Waals surface area contributed by atoms with Crippen LogP contribution in [0.2, 0.25) is 0 Å². The lowest BCUT2D eigenvalue weighted by Gasteiger charge is -2.19. The van der Waals surface area contributed by atoms with Crippen LogP contribution < -0.4 is 20.1 Å². The zero-order valence-corrected chi connectivity index (χ0v) is 56.1. The fourth-order valence-corrected chi connectivity index (χ4v) is 13.0. The third-order valence-electron chi connectivity index (χ3n) is 13.7. The second-order valence-corrected chi connectivity index (χ2v) is 28.6. The Morgan fingerprint density at radius 3 is 0.944 bits per heavy atom. The summed E-state index contributed by atoms with van der Waals surface area (Å²) in [4.78, 5) is 39.9. The van der Waals surface area contributed by atoms with Crippen molar-refractivity contribution in [2.75, 3.05) is 7.11 Å². The number of hydrogen-bond donors (Lipinski definition) is 1. The van der Waals surface area contributed by atoms with Gasteiger partial charge in [0, 0.05) is 24.8 Å². The van der Waals surface area contributed by atoms with Crippen LogP contribution >= 0.6 is 0 Å². The molecule has 0 aliphatic rings. The van der Waals surface area contributed by atoms with Crippen molar-refractivity contribution in [3.05, 3.63) is 306 Å². The molecule has 0 fully saturated rings. The maximum atomic E-state index is 10.7. The highest BCUT2D eigenvalue weighted by molar-refractivity contribution is 7.97. The number of ether oxygens (including phenoxy) is 1. The molecule has 0 heterocycles. The molecule has 11 heteroatoms. The van der Waals surface area contributed by atoms with E-state index in [9.17, 15) is 29.7 Å². The van der Waals surface area contributed by atoms with Crippen LogP contribution in [0.1, 0.15) is 106 Å². The lowest BCUT2D eigenvalue weighted by atomic mass is 9.87. The summed E-state index contributed by atoms with van der Waals surface area (Å²) in [5.41, 5.74) is 7.24. The summed E-state index contributed by atoms with van der Waals surface area (Å²) in [6, 6.07) is 89.7. The van der Waals surface area contributed by atoms with E-state index in [2.05, 4.69) is 269 Å². The molecule has 0 spiro atoms. The van der Waals surface area contributed by atoms with Crippen molar-refractivity contribution in [2.45, 2.75) is 133 Å². The molecule has 466 valence electrons. The standard InChI is InChI=1S/2C22H23S.C10H14S.C9H10O3.C9H10O2.C7H6O3/c2*1-22(2,3)18-14-16-21(17-15-18)23(19-10-6-4-7-11-19)20-12-8-5-9-13-20;1-10(2,3)8-4-6-9(11)7-5-8;1-12-8-4-2-7(3-5-8)6-9(10)11;1-7-2-4-8(5-3-7)6-9(10)11;8-6-4-2-1-3-5(6)7(9)10/h2*4-17H,1-3H3;4-7,11H,1-3H3;2-5H,6H2,1H3,(H,10,11);2-5H,6H2,1H3,(H,10,11);1-4,8H,(H,9,10)/q2*+1;;;;/p-2. The molecule has 0 aliphatic carbocycles. The smallest absolute Gasteiger partial charge is 0.335 e. The number of aromatic carboxylic acids is 1. The van der Waals surface area contributed by atoms with Crippen LogP contribution in [0, 0.1) is 6.92 Å². The van der Waals surface area contributed by atoms with Gasteiger partial charge in [0.2, 0.25) is 0 Å². The number of aliphatic carboxylic acids is 2. The largest absolute Gasteiger partial charge is 0.872 e. The van der Waals surface area contributed by atoms with Gasteiger partial charge in [-0.3, -0.25) is 0 Å². The van der Waals surface area contributed by atoms with Crippen molar-refractivity contribution >= 4 is 52.3 Å². The van der Waals surface area contributed by atoms with Gasteiger partial charge in [0.25, 0.3) is 0 Å². The van der Waals surface area contributed by atoms with Crippen LogP contribution in [-0.2, 0) is 73.1 Å². The number of carbonyl (C=O) groups is 3. The zero-order valence-electron chi connectivity index (χ0n) is 53.4. The molecule has 10 aromatic carbocycles. The van der Waals surface area contributed by atoms with Crippen LogP contribution in [-0.4, -0.2) is 30.1 Å². The Bertz CT molecular complexity index is 3500. The van der Waals surface area contributed by atoms with Crippen molar-refractivity contribution < 1.29 is 39.5 Å². The highest BCUT2D eigenvalue weighted by Crippen LogP contribution is 2.35. The summed E-state index contributed by atoms with van der Waals surface area (Å²) < 4.78 is 4.91. The van der Waals surface area contributed by atoms with Gasteiger partial charge in [-0.1, -0.05) is 237 Å². The summed E-state index contributed by atoms with van der Waals surface area (Å²) >= 11 is 3.46. The van der Waals surface area contributed by atoms with Crippen LogP contribution in [0.5, 0.6) is 11.5 Å². The van der Waals surface area contributed by atoms with Crippen molar-refractivity contribution in [3.8, 4) is 11.5 Å². The maximum absolute atomic E-state index is 10.7. The summed E-state index contributed by atoms with van der Waals surface area (Å²) in [7, 11) is 1.46. The average Bonchev–Trinajstić information content (AvgIpc) is 1.03. The van der Waals surface area contributed by atoms with E-state index >= 15 is 0 Å². The molecule has 0 bridgehead atoms. The van der Waals surface area contributed by atoms with E-state index < -0.39 is 23.7 Å². The van der Waals surface area contributed by atoms with E-state index in [1.165, 1.54) is 70.3 Å². The monoisotopic (exact) mass is 1260 g/mol. The number of carbonyl (C=O) groups excluding carboxylic acids is 2. The third-order valence-corrected chi connectivity index (χ3v) is 18.5. The van der Waals surface area contributed by atoms with Gasteiger partial charge >= 0.3 is 5.97 Å². The van der Waals surface area contributed by atoms with Crippen LogP contribution in [0.25, 0.3) is 0 Å². The summed E-state index contributed by atoms with van der Waals surface area (Å²) in [5.74, 6) is -3.01. The molecule has 0 atom stereocenters. The Balaban J connectivity index is 0.000000204. The van der Waals surface area contributed by atoms with Gasteiger partial charge in [0.05, 0.1) is 34.5 Å². The predicted octanol–water partition coefficient (Wildman–Crippen LogP) is 15.2. The van der Waals surface area contributed by atoms with Gasteiger partial charge in [-0.05, 0) is 167 Å². The van der Waals surface area contributed by atoms with Gasteiger partial charge in [0.15, 0.2) is 29.4 Å². The van der Waals surface area contributed by atoms with Crippen molar-refractivity contribution in [3.63, 3.8) is 0 Å². The number of hydrogen-bond acceptors (Lipinski definition) is 7. The summed E-state index contributed by atoms with van der Waals surface area (Å²) in [5, 5.41) is 39.4. The first kappa shape index (κ1) is 72.0. The van der Waals surface area contributed by atoms with E-state index in [0.717, 1.165) is 27.3 Å². The Morgan fingerprint density at radius 1 is 0.400 bits per heavy atom. The minimum Gasteiger partial charge on any atom is -0.872 e. The second kappa shape index (κ2) is 35.5. The molecular weight excluding hydrogens is 1170 g/mol. The van der Waals surface area contributed by atoms with E-state index in [-0.39, 0.29) is 56.4 Å². The first-order valence-electron chi connectivity index (χ1n) is 29.5.